The van der Waals surface area contributed by atoms with E-state index >= 15 is 0 Å². The zero-order chi connectivity index (χ0) is 10.3. The standard InChI is InChI=1S/C11H8N2O2/c14-7-13-11(2-3-11)9-6-15-10-1-4-12-5-8(9)10/h1,4-6H,2-3H2. The molecular weight excluding hydrogens is 192 g/mol. The fourth-order valence-corrected chi connectivity index (χ4v) is 1.88. The van der Waals surface area contributed by atoms with Crippen molar-refractivity contribution in [3.63, 3.8) is 0 Å². The van der Waals surface area contributed by atoms with Crippen molar-refractivity contribution in [3.8, 4) is 0 Å². The van der Waals surface area contributed by atoms with Crippen LogP contribution in [0.15, 0.2) is 34.1 Å². The molecule has 0 atom stereocenters. The summed E-state index contributed by atoms with van der Waals surface area (Å²) in [7, 11) is 0. The molecule has 74 valence electrons. The van der Waals surface area contributed by atoms with Gasteiger partial charge in [-0.3, -0.25) is 4.98 Å². The van der Waals surface area contributed by atoms with Crippen molar-refractivity contribution in [2.45, 2.75) is 18.4 Å². The van der Waals surface area contributed by atoms with Crippen LogP contribution in [0.3, 0.4) is 0 Å². The summed E-state index contributed by atoms with van der Waals surface area (Å²) in [5, 5.41) is 0.939. The molecule has 0 radical (unpaired) electrons. The number of carbonyl (C=O) groups excluding carboxylic acids is 1. The van der Waals surface area contributed by atoms with Gasteiger partial charge in [-0.1, -0.05) is 0 Å². The molecule has 0 spiro atoms. The minimum atomic E-state index is -0.379. The Balaban J connectivity index is 2.24. The number of hydrogen-bond donors (Lipinski definition) is 0. The summed E-state index contributed by atoms with van der Waals surface area (Å²) in [6, 6.07) is 1.81. The Morgan fingerprint density at radius 1 is 1.53 bits per heavy atom. The fourth-order valence-electron chi connectivity index (χ4n) is 1.88. The van der Waals surface area contributed by atoms with Crippen LogP contribution in [0.5, 0.6) is 0 Å². The lowest BCUT2D eigenvalue weighted by Crippen LogP contribution is -2.00. The highest BCUT2D eigenvalue weighted by Crippen LogP contribution is 2.51. The third kappa shape index (κ3) is 1.12. The Morgan fingerprint density at radius 2 is 2.40 bits per heavy atom. The van der Waals surface area contributed by atoms with Crippen molar-refractivity contribution in [2.75, 3.05) is 0 Å². The average Bonchev–Trinajstić information content (AvgIpc) is 2.91. The molecule has 15 heavy (non-hydrogen) atoms. The predicted molar refractivity (Wildman–Crippen MR) is 53.0 cm³/mol. The highest BCUT2D eigenvalue weighted by molar-refractivity contribution is 5.81. The van der Waals surface area contributed by atoms with Crippen molar-refractivity contribution >= 4 is 17.0 Å². The molecule has 3 rings (SSSR count). The minimum absolute atomic E-state index is 0.379. The third-order valence-electron chi connectivity index (χ3n) is 2.86. The molecule has 2 heterocycles. The van der Waals surface area contributed by atoms with E-state index < -0.39 is 0 Å². The Labute approximate surface area is 85.6 Å². The van der Waals surface area contributed by atoms with Gasteiger partial charge in [0.25, 0.3) is 0 Å². The lowest BCUT2D eigenvalue weighted by atomic mass is 10.1. The average molecular weight is 200 g/mol. The molecule has 1 aliphatic carbocycles. The lowest BCUT2D eigenvalue weighted by molar-refractivity contribution is 0.554. The Morgan fingerprint density at radius 3 is 3.13 bits per heavy atom. The number of aliphatic imine (C=N–C) groups is 1. The molecule has 0 bridgehead atoms. The van der Waals surface area contributed by atoms with Gasteiger partial charge in [-0.2, -0.15) is 4.99 Å². The Hall–Kier alpha value is -1.93. The van der Waals surface area contributed by atoms with Crippen LogP contribution < -0.4 is 0 Å². The number of pyridine rings is 1. The molecule has 2 aromatic heterocycles. The lowest BCUT2D eigenvalue weighted by Gasteiger charge is -2.03. The Bertz CT molecular complexity index is 563. The summed E-state index contributed by atoms with van der Waals surface area (Å²) >= 11 is 0. The van der Waals surface area contributed by atoms with E-state index in [1.54, 1.807) is 30.8 Å². The zero-order valence-electron chi connectivity index (χ0n) is 7.93. The van der Waals surface area contributed by atoms with Crippen LogP contribution in [-0.4, -0.2) is 11.1 Å². The molecule has 1 fully saturated rings. The van der Waals surface area contributed by atoms with E-state index in [1.807, 2.05) is 0 Å². The predicted octanol–water partition coefficient (Wildman–Crippen LogP) is 2.15. The molecule has 0 unspecified atom stereocenters. The zero-order valence-corrected chi connectivity index (χ0v) is 7.93. The van der Waals surface area contributed by atoms with Gasteiger partial charge >= 0.3 is 0 Å². The summed E-state index contributed by atoms with van der Waals surface area (Å²) in [4.78, 5) is 18.3. The summed E-state index contributed by atoms with van der Waals surface area (Å²) < 4.78 is 5.39. The third-order valence-corrected chi connectivity index (χ3v) is 2.86. The highest BCUT2D eigenvalue weighted by atomic mass is 16.3. The molecule has 0 N–H and O–H groups in total. The van der Waals surface area contributed by atoms with E-state index in [0.29, 0.717) is 0 Å². The van der Waals surface area contributed by atoms with Gasteiger partial charge in [-0.25, -0.2) is 4.79 Å². The first kappa shape index (κ1) is 8.38. The van der Waals surface area contributed by atoms with Crippen LogP contribution in [0.1, 0.15) is 18.4 Å². The number of furan rings is 1. The second kappa shape index (κ2) is 2.78. The van der Waals surface area contributed by atoms with Crippen LogP contribution in [-0.2, 0) is 10.3 Å². The maximum absolute atomic E-state index is 10.4. The van der Waals surface area contributed by atoms with Gasteiger partial charge in [-0.15, -0.1) is 0 Å². The first-order chi connectivity index (χ1) is 7.36. The number of hydrogen-bond acceptors (Lipinski definition) is 4. The molecule has 1 saturated carbocycles. The van der Waals surface area contributed by atoms with Crippen molar-refractivity contribution in [1.82, 2.24) is 4.98 Å². The van der Waals surface area contributed by atoms with Crippen LogP contribution in [0.2, 0.25) is 0 Å². The first-order valence-corrected chi connectivity index (χ1v) is 4.76. The quantitative estimate of drug-likeness (QED) is 0.551. The summed E-state index contributed by atoms with van der Waals surface area (Å²) in [5.41, 5.74) is 1.36. The van der Waals surface area contributed by atoms with Crippen LogP contribution in [0.4, 0.5) is 0 Å². The second-order valence-corrected chi connectivity index (χ2v) is 3.76. The van der Waals surface area contributed by atoms with Crippen molar-refractivity contribution in [3.05, 3.63) is 30.3 Å². The van der Waals surface area contributed by atoms with Gasteiger partial charge in [0, 0.05) is 23.3 Å². The molecular formula is C11H8N2O2. The molecule has 2 aromatic rings. The number of isocyanates is 1. The summed E-state index contributed by atoms with van der Waals surface area (Å²) in [5.74, 6) is 0. The number of nitrogens with zero attached hydrogens (tertiary/aromatic N) is 2. The maximum atomic E-state index is 10.4. The second-order valence-electron chi connectivity index (χ2n) is 3.76. The maximum Gasteiger partial charge on any atom is 0.235 e. The van der Waals surface area contributed by atoms with Crippen molar-refractivity contribution in [2.24, 2.45) is 4.99 Å². The van der Waals surface area contributed by atoms with E-state index in [4.69, 9.17) is 4.42 Å². The minimum Gasteiger partial charge on any atom is -0.464 e. The molecule has 4 heteroatoms. The summed E-state index contributed by atoms with van der Waals surface area (Å²) in [6.45, 7) is 0. The molecule has 1 aliphatic rings. The molecule has 0 aliphatic heterocycles. The van der Waals surface area contributed by atoms with Crippen LogP contribution in [0.25, 0.3) is 11.0 Å². The normalized spacial score (nSPS) is 17.3. The SMILES string of the molecule is O=C=NC1(c2coc3ccncc23)CC1. The number of rotatable bonds is 2. The van der Waals surface area contributed by atoms with E-state index in [2.05, 4.69) is 9.98 Å². The van der Waals surface area contributed by atoms with Gasteiger partial charge in [0.2, 0.25) is 6.08 Å². The monoisotopic (exact) mass is 200 g/mol. The topological polar surface area (TPSA) is 55.5 Å². The van der Waals surface area contributed by atoms with E-state index in [-0.39, 0.29) is 5.54 Å². The number of aromatic nitrogens is 1. The van der Waals surface area contributed by atoms with E-state index in [1.165, 1.54) is 0 Å². The van der Waals surface area contributed by atoms with Gasteiger partial charge < -0.3 is 4.42 Å². The Kier molecular flexibility index (Phi) is 1.55. The van der Waals surface area contributed by atoms with Crippen molar-refractivity contribution < 1.29 is 9.21 Å². The molecule has 0 aromatic carbocycles. The summed E-state index contributed by atoms with van der Waals surface area (Å²) in [6.07, 6.45) is 8.49. The van der Waals surface area contributed by atoms with Gasteiger partial charge in [-0.05, 0) is 18.9 Å². The first-order valence-electron chi connectivity index (χ1n) is 4.76. The largest absolute Gasteiger partial charge is 0.464 e. The smallest absolute Gasteiger partial charge is 0.235 e. The van der Waals surface area contributed by atoms with E-state index in [9.17, 15) is 4.79 Å². The molecule has 0 amide bonds. The number of fused-ring (bicyclic) bond motifs is 1. The molecule has 4 nitrogen and oxygen atoms in total. The van der Waals surface area contributed by atoms with Gasteiger partial charge in [0.15, 0.2) is 0 Å². The van der Waals surface area contributed by atoms with E-state index in [0.717, 1.165) is 29.4 Å². The highest BCUT2D eigenvalue weighted by Gasteiger charge is 2.47. The van der Waals surface area contributed by atoms with Crippen LogP contribution >= 0.6 is 0 Å². The fraction of sp³-hybridized carbons (Fsp3) is 0.273. The van der Waals surface area contributed by atoms with Gasteiger partial charge in [0.05, 0.1) is 6.26 Å². The molecule has 0 saturated heterocycles. The van der Waals surface area contributed by atoms with Crippen LogP contribution in [0, 0.1) is 0 Å². The van der Waals surface area contributed by atoms with Gasteiger partial charge in [0.1, 0.15) is 11.1 Å². The van der Waals surface area contributed by atoms with Crippen molar-refractivity contribution in [1.29, 1.82) is 0 Å².